The van der Waals surface area contributed by atoms with Crippen molar-refractivity contribution in [3.05, 3.63) is 59.9 Å². The molecular weight excluding hydrogens is 279 g/mol. The van der Waals surface area contributed by atoms with Crippen molar-refractivity contribution in [3.8, 4) is 11.1 Å². The van der Waals surface area contributed by atoms with Crippen LogP contribution < -0.4 is 0 Å². The van der Waals surface area contributed by atoms with Crippen LogP contribution in [-0.4, -0.2) is 5.33 Å². The van der Waals surface area contributed by atoms with Gasteiger partial charge in [0.15, 0.2) is 0 Å². The molecule has 0 aromatic heterocycles. The molecule has 0 fully saturated rings. The van der Waals surface area contributed by atoms with Gasteiger partial charge in [-0.15, -0.1) is 0 Å². The zero-order valence-corrected chi connectivity index (χ0v) is 11.2. The molecule has 2 aromatic carbocycles. The summed E-state index contributed by atoms with van der Waals surface area (Å²) in [6.45, 7) is 2.08. The van der Waals surface area contributed by atoms with E-state index in [1.807, 2.05) is 42.5 Å². The summed E-state index contributed by atoms with van der Waals surface area (Å²) in [5, 5.41) is 0.844. The second kappa shape index (κ2) is 5.46. The second-order valence-electron chi connectivity index (χ2n) is 4.16. The topological polar surface area (TPSA) is 0 Å². The molecule has 0 aliphatic carbocycles. The Labute approximate surface area is 110 Å². The third kappa shape index (κ3) is 2.75. The molecule has 0 radical (unpaired) electrons. The van der Waals surface area contributed by atoms with E-state index in [2.05, 4.69) is 22.9 Å². The van der Waals surface area contributed by atoms with Gasteiger partial charge in [0.1, 0.15) is 5.82 Å². The summed E-state index contributed by atoms with van der Waals surface area (Å²) in [5.41, 5.74) is 2.61. The summed E-state index contributed by atoms with van der Waals surface area (Å²) in [5.74, 6) is 0.177. The van der Waals surface area contributed by atoms with Crippen molar-refractivity contribution in [1.82, 2.24) is 0 Å². The standard InChI is InChI=1S/C15H14BrF/c1-11(10-16)13-7-8-14(15(17)9-13)12-5-3-2-4-6-12/h2-9,11H,10H2,1H3. The Morgan fingerprint density at radius 1 is 1.12 bits per heavy atom. The van der Waals surface area contributed by atoms with Crippen LogP contribution in [0.4, 0.5) is 4.39 Å². The normalized spacial score (nSPS) is 12.4. The first-order chi connectivity index (χ1) is 8.22. The lowest BCUT2D eigenvalue weighted by Crippen LogP contribution is -1.96. The van der Waals surface area contributed by atoms with Crippen LogP contribution in [0.1, 0.15) is 18.4 Å². The fourth-order valence-electron chi connectivity index (χ4n) is 1.78. The largest absolute Gasteiger partial charge is 0.206 e. The van der Waals surface area contributed by atoms with E-state index in [4.69, 9.17) is 0 Å². The maximum Gasteiger partial charge on any atom is 0.131 e. The maximum absolute atomic E-state index is 14.0. The second-order valence-corrected chi connectivity index (χ2v) is 4.81. The van der Waals surface area contributed by atoms with Gasteiger partial charge in [0, 0.05) is 10.9 Å². The van der Waals surface area contributed by atoms with E-state index in [0.717, 1.165) is 16.5 Å². The zero-order chi connectivity index (χ0) is 12.3. The molecule has 17 heavy (non-hydrogen) atoms. The fraction of sp³-hybridized carbons (Fsp3) is 0.200. The van der Waals surface area contributed by atoms with Gasteiger partial charge in [0.25, 0.3) is 0 Å². The highest BCUT2D eigenvalue weighted by molar-refractivity contribution is 9.09. The first kappa shape index (κ1) is 12.3. The number of benzene rings is 2. The van der Waals surface area contributed by atoms with Gasteiger partial charge < -0.3 is 0 Å². The molecule has 1 atom stereocenters. The lowest BCUT2D eigenvalue weighted by molar-refractivity contribution is 0.627. The Balaban J connectivity index is 2.39. The van der Waals surface area contributed by atoms with Crippen molar-refractivity contribution >= 4 is 15.9 Å². The SMILES string of the molecule is CC(CBr)c1ccc(-c2ccccc2)c(F)c1. The number of hydrogen-bond donors (Lipinski definition) is 0. The average molecular weight is 293 g/mol. The van der Waals surface area contributed by atoms with Gasteiger partial charge >= 0.3 is 0 Å². The summed E-state index contributed by atoms with van der Waals surface area (Å²) in [7, 11) is 0. The van der Waals surface area contributed by atoms with Crippen molar-refractivity contribution in [2.24, 2.45) is 0 Å². The predicted octanol–water partition coefficient (Wildman–Crippen LogP) is 4.99. The van der Waals surface area contributed by atoms with Crippen LogP contribution in [0.25, 0.3) is 11.1 Å². The molecule has 1 unspecified atom stereocenters. The van der Waals surface area contributed by atoms with E-state index in [0.29, 0.717) is 11.5 Å². The minimum Gasteiger partial charge on any atom is -0.206 e. The highest BCUT2D eigenvalue weighted by atomic mass is 79.9. The Hall–Kier alpha value is -1.15. The van der Waals surface area contributed by atoms with Crippen molar-refractivity contribution in [2.75, 3.05) is 5.33 Å². The fourth-order valence-corrected chi connectivity index (χ4v) is 2.15. The van der Waals surface area contributed by atoms with Gasteiger partial charge in [0.05, 0.1) is 0 Å². The molecule has 88 valence electrons. The minimum absolute atomic E-state index is 0.151. The molecule has 0 aliphatic heterocycles. The Kier molecular flexibility index (Phi) is 3.95. The van der Waals surface area contributed by atoms with Gasteiger partial charge in [-0.05, 0) is 23.1 Å². The van der Waals surface area contributed by atoms with Crippen molar-refractivity contribution in [1.29, 1.82) is 0 Å². The van der Waals surface area contributed by atoms with E-state index in [1.54, 1.807) is 6.07 Å². The van der Waals surface area contributed by atoms with Crippen LogP contribution in [0.15, 0.2) is 48.5 Å². The maximum atomic E-state index is 14.0. The number of alkyl halides is 1. The molecule has 0 spiro atoms. The molecule has 2 aromatic rings. The summed E-state index contributed by atoms with van der Waals surface area (Å²) >= 11 is 3.42. The molecule has 2 rings (SSSR count). The quantitative estimate of drug-likeness (QED) is 0.699. The lowest BCUT2D eigenvalue weighted by atomic mass is 9.98. The van der Waals surface area contributed by atoms with E-state index in [1.165, 1.54) is 0 Å². The highest BCUT2D eigenvalue weighted by Gasteiger charge is 2.09. The van der Waals surface area contributed by atoms with Gasteiger partial charge in [-0.3, -0.25) is 0 Å². The minimum atomic E-state index is -0.151. The molecule has 0 heterocycles. The summed E-state index contributed by atoms with van der Waals surface area (Å²) in [6, 6.07) is 15.1. The van der Waals surface area contributed by atoms with E-state index in [-0.39, 0.29) is 5.82 Å². The lowest BCUT2D eigenvalue weighted by Gasteiger charge is -2.10. The van der Waals surface area contributed by atoms with Gasteiger partial charge in [-0.2, -0.15) is 0 Å². The van der Waals surface area contributed by atoms with Crippen LogP contribution in [0, 0.1) is 5.82 Å². The first-order valence-electron chi connectivity index (χ1n) is 5.63. The number of rotatable bonds is 3. The smallest absolute Gasteiger partial charge is 0.131 e. The molecule has 0 saturated heterocycles. The monoisotopic (exact) mass is 292 g/mol. The average Bonchev–Trinajstić information content (AvgIpc) is 2.38. The van der Waals surface area contributed by atoms with Crippen LogP contribution in [-0.2, 0) is 0 Å². The molecule has 0 amide bonds. The van der Waals surface area contributed by atoms with E-state index < -0.39 is 0 Å². The van der Waals surface area contributed by atoms with Crippen LogP contribution in [0.5, 0.6) is 0 Å². The molecule has 0 N–H and O–H groups in total. The van der Waals surface area contributed by atoms with Gasteiger partial charge in [-0.1, -0.05) is 65.3 Å². The number of halogens is 2. The van der Waals surface area contributed by atoms with Crippen LogP contribution in [0.2, 0.25) is 0 Å². The summed E-state index contributed by atoms with van der Waals surface area (Å²) in [4.78, 5) is 0. The van der Waals surface area contributed by atoms with Crippen molar-refractivity contribution < 1.29 is 4.39 Å². The number of hydrogen-bond acceptors (Lipinski definition) is 0. The van der Waals surface area contributed by atoms with E-state index >= 15 is 0 Å². The summed E-state index contributed by atoms with van der Waals surface area (Å²) in [6.07, 6.45) is 0. The first-order valence-corrected chi connectivity index (χ1v) is 6.75. The van der Waals surface area contributed by atoms with Gasteiger partial charge in [0.2, 0.25) is 0 Å². The molecule has 0 bridgehead atoms. The highest BCUT2D eigenvalue weighted by Crippen LogP contribution is 2.26. The van der Waals surface area contributed by atoms with Crippen molar-refractivity contribution in [2.45, 2.75) is 12.8 Å². The Bertz CT molecular complexity index is 494. The molecule has 2 heteroatoms. The van der Waals surface area contributed by atoms with E-state index in [9.17, 15) is 4.39 Å². The predicted molar refractivity (Wildman–Crippen MR) is 74.0 cm³/mol. The van der Waals surface area contributed by atoms with Crippen molar-refractivity contribution in [3.63, 3.8) is 0 Å². The molecule has 0 saturated carbocycles. The van der Waals surface area contributed by atoms with Crippen LogP contribution >= 0.6 is 15.9 Å². The third-order valence-electron chi connectivity index (χ3n) is 2.88. The Morgan fingerprint density at radius 3 is 2.41 bits per heavy atom. The molecule has 0 nitrogen and oxygen atoms in total. The molecular formula is C15H14BrF. The van der Waals surface area contributed by atoms with Gasteiger partial charge in [-0.25, -0.2) is 4.39 Å². The summed E-state index contributed by atoms with van der Waals surface area (Å²) < 4.78 is 14.0. The third-order valence-corrected chi connectivity index (χ3v) is 3.85. The van der Waals surface area contributed by atoms with Crippen LogP contribution in [0.3, 0.4) is 0 Å². The molecule has 0 aliphatic rings. The zero-order valence-electron chi connectivity index (χ0n) is 9.66. The Morgan fingerprint density at radius 2 is 1.82 bits per heavy atom.